The smallest absolute Gasteiger partial charge is 0.251 e. The van der Waals surface area contributed by atoms with Gasteiger partial charge in [-0.25, -0.2) is 0 Å². The molecule has 1 aromatic carbocycles. The molecule has 106 valence electrons. The largest absolute Gasteiger partial charge is 0.325 e. The number of aromatic amines is 1. The third kappa shape index (κ3) is 3.01. The van der Waals surface area contributed by atoms with E-state index in [9.17, 15) is 4.79 Å². The van der Waals surface area contributed by atoms with Gasteiger partial charge in [0, 0.05) is 23.1 Å². The minimum absolute atomic E-state index is 0.00845. The van der Waals surface area contributed by atoms with Crippen molar-refractivity contribution in [1.82, 2.24) is 4.98 Å². The van der Waals surface area contributed by atoms with Gasteiger partial charge in [-0.3, -0.25) is 4.79 Å². The fourth-order valence-corrected chi connectivity index (χ4v) is 2.52. The van der Waals surface area contributed by atoms with Gasteiger partial charge >= 0.3 is 0 Å². The monoisotopic (exact) mass is 269 g/mol. The van der Waals surface area contributed by atoms with Gasteiger partial charge in [-0.2, -0.15) is 0 Å². The molecule has 20 heavy (non-hydrogen) atoms. The molecule has 1 heterocycles. The summed E-state index contributed by atoms with van der Waals surface area (Å²) < 4.78 is 0. The maximum Gasteiger partial charge on any atom is 0.251 e. The zero-order valence-corrected chi connectivity index (χ0v) is 12.8. The number of benzene rings is 1. The molecule has 0 spiro atoms. The number of hydrogen-bond acceptors (Lipinski definition) is 1. The minimum atomic E-state index is 0.00845. The first-order chi connectivity index (χ1) is 9.44. The highest BCUT2D eigenvalue weighted by atomic mass is 16.1. The van der Waals surface area contributed by atoms with Crippen LogP contribution in [0.5, 0.6) is 0 Å². The second-order valence-corrected chi connectivity index (χ2v) is 6.08. The molecular weight excluding hydrogens is 246 g/mol. The van der Waals surface area contributed by atoms with E-state index in [0.29, 0.717) is 6.42 Å². The number of pyridine rings is 1. The second kappa shape index (κ2) is 5.66. The summed E-state index contributed by atoms with van der Waals surface area (Å²) in [5.74, 6) is 0. The normalized spacial score (nSPS) is 11.6. The molecule has 1 N–H and O–H groups in total. The van der Waals surface area contributed by atoms with Gasteiger partial charge < -0.3 is 4.98 Å². The predicted octanol–water partition coefficient (Wildman–Crippen LogP) is 3.96. The van der Waals surface area contributed by atoms with E-state index in [1.807, 2.05) is 24.3 Å². The van der Waals surface area contributed by atoms with Crippen LogP contribution in [-0.2, 0) is 11.8 Å². The highest BCUT2D eigenvalue weighted by molar-refractivity contribution is 5.32. The zero-order chi connectivity index (χ0) is 14.8. The Kier molecular flexibility index (Phi) is 4.12. The highest BCUT2D eigenvalue weighted by Crippen LogP contribution is 2.27. The van der Waals surface area contributed by atoms with Gasteiger partial charge in [-0.15, -0.1) is 0 Å². The third-order valence-electron chi connectivity index (χ3n) is 4.11. The van der Waals surface area contributed by atoms with Crippen LogP contribution in [0, 0.1) is 6.92 Å². The molecule has 2 heteroatoms. The molecule has 2 aromatic rings. The van der Waals surface area contributed by atoms with E-state index in [4.69, 9.17) is 0 Å². The highest BCUT2D eigenvalue weighted by Gasteiger charge is 2.22. The molecule has 0 saturated heterocycles. The van der Waals surface area contributed by atoms with Crippen LogP contribution in [0.3, 0.4) is 0 Å². The van der Waals surface area contributed by atoms with Crippen LogP contribution >= 0.6 is 0 Å². The molecule has 0 aliphatic rings. The Balaban J connectivity index is 2.39. The fraction of sp³-hybridized carbons (Fsp3) is 0.389. The van der Waals surface area contributed by atoms with E-state index in [1.165, 1.54) is 11.1 Å². The molecule has 0 aliphatic carbocycles. The van der Waals surface area contributed by atoms with Crippen LogP contribution in [0.15, 0.2) is 41.2 Å². The van der Waals surface area contributed by atoms with Gasteiger partial charge in [0.1, 0.15) is 0 Å². The SMILES string of the molecule is CCC(C)(C)c1[nH]c(=O)c(Cc2ccccc2)cc1C. The van der Waals surface area contributed by atoms with Crippen molar-refractivity contribution in [2.24, 2.45) is 0 Å². The zero-order valence-electron chi connectivity index (χ0n) is 12.8. The molecule has 0 saturated carbocycles. The van der Waals surface area contributed by atoms with Crippen molar-refractivity contribution in [1.29, 1.82) is 0 Å². The first kappa shape index (κ1) is 14.6. The number of nitrogens with one attached hydrogen (secondary N) is 1. The van der Waals surface area contributed by atoms with E-state index >= 15 is 0 Å². The molecule has 0 aliphatic heterocycles. The molecule has 0 unspecified atom stereocenters. The lowest BCUT2D eigenvalue weighted by atomic mass is 9.83. The standard InChI is InChI=1S/C18H23NO/c1-5-18(3,4)16-13(2)11-15(17(20)19-16)12-14-9-7-6-8-10-14/h6-11H,5,12H2,1-4H3,(H,19,20). The van der Waals surface area contributed by atoms with Crippen molar-refractivity contribution < 1.29 is 0 Å². The summed E-state index contributed by atoms with van der Waals surface area (Å²) in [7, 11) is 0. The average Bonchev–Trinajstić information content (AvgIpc) is 2.43. The van der Waals surface area contributed by atoms with Gasteiger partial charge in [-0.05, 0) is 30.5 Å². The van der Waals surface area contributed by atoms with Crippen molar-refractivity contribution in [3.8, 4) is 0 Å². The van der Waals surface area contributed by atoms with Crippen LogP contribution < -0.4 is 5.56 Å². The fourth-order valence-electron chi connectivity index (χ4n) is 2.52. The first-order valence-electron chi connectivity index (χ1n) is 7.21. The summed E-state index contributed by atoms with van der Waals surface area (Å²) >= 11 is 0. The topological polar surface area (TPSA) is 32.9 Å². The van der Waals surface area contributed by atoms with Gasteiger partial charge in [0.05, 0.1) is 0 Å². The summed E-state index contributed by atoms with van der Waals surface area (Å²) in [5.41, 5.74) is 4.28. The van der Waals surface area contributed by atoms with Crippen LogP contribution in [-0.4, -0.2) is 4.98 Å². The minimum Gasteiger partial charge on any atom is -0.325 e. The molecule has 2 nitrogen and oxygen atoms in total. The molecule has 0 radical (unpaired) electrons. The Morgan fingerprint density at radius 2 is 1.80 bits per heavy atom. The maximum atomic E-state index is 12.3. The van der Waals surface area contributed by atoms with Crippen LogP contribution in [0.2, 0.25) is 0 Å². The molecule has 0 amide bonds. The Labute approximate surface area is 120 Å². The quantitative estimate of drug-likeness (QED) is 0.895. The molecule has 2 rings (SSSR count). The lowest BCUT2D eigenvalue weighted by molar-refractivity contribution is 0.485. The van der Waals surface area contributed by atoms with Crippen LogP contribution in [0.25, 0.3) is 0 Å². The Morgan fingerprint density at radius 3 is 2.40 bits per heavy atom. The van der Waals surface area contributed by atoms with Gasteiger partial charge in [0.15, 0.2) is 0 Å². The number of aryl methyl sites for hydroxylation is 1. The van der Waals surface area contributed by atoms with Crippen molar-refractivity contribution in [3.05, 3.63) is 69.1 Å². The summed E-state index contributed by atoms with van der Waals surface area (Å²) in [6.07, 6.45) is 1.69. The lowest BCUT2D eigenvalue weighted by Crippen LogP contribution is -2.25. The average molecular weight is 269 g/mol. The van der Waals surface area contributed by atoms with Gasteiger partial charge in [0.25, 0.3) is 5.56 Å². The summed E-state index contributed by atoms with van der Waals surface area (Å²) in [6, 6.07) is 12.2. The summed E-state index contributed by atoms with van der Waals surface area (Å²) in [5, 5.41) is 0. The number of rotatable bonds is 4. The number of hydrogen-bond donors (Lipinski definition) is 1. The summed E-state index contributed by atoms with van der Waals surface area (Å²) in [4.78, 5) is 15.4. The van der Waals surface area contributed by atoms with Crippen molar-refractivity contribution in [2.75, 3.05) is 0 Å². The maximum absolute atomic E-state index is 12.3. The van der Waals surface area contributed by atoms with E-state index in [0.717, 1.165) is 17.7 Å². The van der Waals surface area contributed by atoms with Crippen molar-refractivity contribution >= 4 is 0 Å². The van der Waals surface area contributed by atoms with Crippen molar-refractivity contribution in [2.45, 2.75) is 46.0 Å². The number of H-pyrrole nitrogens is 1. The van der Waals surface area contributed by atoms with E-state index in [2.05, 4.69) is 44.8 Å². The lowest BCUT2D eigenvalue weighted by Gasteiger charge is -2.25. The predicted molar refractivity (Wildman–Crippen MR) is 84.4 cm³/mol. The Bertz CT molecular complexity index is 638. The van der Waals surface area contributed by atoms with E-state index in [-0.39, 0.29) is 11.0 Å². The summed E-state index contributed by atoms with van der Waals surface area (Å²) in [6.45, 7) is 8.57. The van der Waals surface area contributed by atoms with Crippen LogP contribution in [0.4, 0.5) is 0 Å². The molecule has 0 atom stereocenters. The van der Waals surface area contributed by atoms with E-state index < -0.39 is 0 Å². The Hall–Kier alpha value is -1.83. The van der Waals surface area contributed by atoms with Gasteiger partial charge in [0.2, 0.25) is 0 Å². The van der Waals surface area contributed by atoms with E-state index in [1.54, 1.807) is 0 Å². The third-order valence-corrected chi connectivity index (χ3v) is 4.11. The second-order valence-electron chi connectivity index (χ2n) is 6.08. The first-order valence-corrected chi connectivity index (χ1v) is 7.21. The van der Waals surface area contributed by atoms with Crippen molar-refractivity contribution in [3.63, 3.8) is 0 Å². The Morgan fingerprint density at radius 1 is 1.15 bits per heavy atom. The molecular formula is C18H23NO. The molecule has 1 aromatic heterocycles. The molecule has 0 bridgehead atoms. The molecule has 0 fully saturated rings. The number of aromatic nitrogens is 1. The van der Waals surface area contributed by atoms with Gasteiger partial charge in [-0.1, -0.05) is 51.1 Å². The van der Waals surface area contributed by atoms with Crippen LogP contribution in [0.1, 0.15) is 49.6 Å².